The maximum atomic E-state index is 13.8. The van der Waals surface area contributed by atoms with Crippen LogP contribution in [0, 0.1) is 6.92 Å². The van der Waals surface area contributed by atoms with Crippen LogP contribution in [0.15, 0.2) is 18.2 Å². The summed E-state index contributed by atoms with van der Waals surface area (Å²) >= 11 is 4.30. The van der Waals surface area contributed by atoms with Crippen molar-refractivity contribution in [2.45, 2.75) is 104 Å². The van der Waals surface area contributed by atoms with Crippen LogP contribution < -0.4 is 10.6 Å². The molecule has 8 nitrogen and oxygen atoms in total. The van der Waals surface area contributed by atoms with Gasteiger partial charge in [-0.3, -0.25) is 9.59 Å². The summed E-state index contributed by atoms with van der Waals surface area (Å²) in [6.07, 6.45) is 1.55. The van der Waals surface area contributed by atoms with Gasteiger partial charge in [-0.1, -0.05) is 26.3 Å². The second-order valence-corrected chi connectivity index (χ2v) is 10.4. The fraction of sp³-hybridized carbons (Fsp3) is 0.654. The van der Waals surface area contributed by atoms with Crippen LogP contribution in [0.5, 0.6) is 5.75 Å². The molecule has 0 heterocycles. The van der Waals surface area contributed by atoms with Crippen molar-refractivity contribution in [3.05, 3.63) is 29.3 Å². The Bertz CT molecular complexity index is 871. The van der Waals surface area contributed by atoms with E-state index in [2.05, 4.69) is 23.3 Å². The molecule has 0 radical (unpaired) electrons. The van der Waals surface area contributed by atoms with Gasteiger partial charge in [0.05, 0.1) is 0 Å². The van der Waals surface area contributed by atoms with Gasteiger partial charge in [0.1, 0.15) is 23.4 Å². The van der Waals surface area contributed by atoms with Crippen molar-refractivity contribution in [2.24, 2.45) is 0 Å². The minimum absolute atomic E-state index is 0.0280. The molecule has 4 atom stereocenters. The number of benzene rings is 1. The van der Waals surface area contributed by atoms with E-state index in [1.165, 1.54) is 11.0 Å². The number of phenolic OH excluding ortho intramolecular Hbond substituents is 1. The maximum Gasteiger partial charge on any atom is 0.408 e. The Balaban J connectivity index is 3.48. The van der Waals surface area contributed by atoms with Crippen molar-refractivity contribution in [3.8, 4) is 5.75 Å². The minimum atomic E-state index is -0.997. The topological polar surface area (TPSA) is 108 Å². The summed E-state index contributed by atoms with van der Waals surface area (Å²) in [5, 5.41) is 15.7. The lowest BCUT2D eigenvalue weighted by atomic mass is 9.98. The molecule has 0 aliphatic heterocycles. The van der Waals surface area contributed by atoms with Gasteiger partial charge < -0.3 is 25.4 Å². The van der Waals surface area contributed by atoms with E-state index in [4.69, 9.17) is 4.74 Å². The Kier molecular flexibility index (Phi) is 11.9. The second kappa shape index (κ2) is 13.6. The van der Waals surface area contributed by atoms with Gasteiger partial charge in [0.25, 0.3) is 0 Å². The van der Waals surface area contributed by atoms with Gasteiger partial charge in [-0.05, 0) is 77.6 Å². The number of thiol groups is 1. The summed E-state index contributed by atoms with van der Waals surface area (Å²) in [6.45, 7) is 14.7. The first-order valence-electron chi connectivity index (χ1n) is 12.3. The Labute approximate surface area is 215 Å². The number of phenols is 1. The Hall–Kier alpha value is -2.42. The van der Waals surface area contributed by atoms with Crippen molar-refractivity contribution >= 4 is 30.5 Å². The minimum Gasteiger partial charge on any atom is -0.508 e. The first-order valence-corrected chi connectivity index (χ1v) is 12.9. The third-order valence-corrected chi connectivity index (χ3v) is 6.03. The number of nitrogens with zero attached hydrogens (tertiary/aromatic N) is 1. The highest BCUT2D eigenvalue weighted by Crippen LogP contribution is 2.29. The quantitative estimate of drug-likeness (QED) is 0.329. The van der Waals surface area contributed by atoms with Gasteiger partial charge in [0, 0.05) is 17.8 Å². The monoisotopic (exact) mass is 509 g/mol. The molecule has 4 unspecified atom stereocenters. The molecule has 1 aromatic carbocycles. The molecule has 35 heavy (non-hydrogen) atoms. The van der Waals surface area contributed by atoms with Crippen LogP contribution in [-0.2, 0) is 14.3 Å². The number of rotatable bonds is 11. The van der Waals surface area contributed by atoms with Crippen LogP contribution in [0.2, 0.25) is 0 Å². The first kappa shape index (κ1) is 30.6. The van der Waals surface area contributed by atoms with Gasteiger partial charge >= 0.3 is 6.09 Å². The van der Waals surface area contributed by atoms with Gasteiger partial charge in [0.15, 0.2) is 0 Å². The third-order valence-electron chi connectivity index (χ3n) is 5.67. The van der Waals surface area contributed by atoms with Crippen molar-refractivity contribution < 1.29 is 24.2 Å². The largest absolute Gasteiger partial charge is 0.508 e. The smallest absolute Gasteiger partial charge is 0.408 e. The third kappa shape index (κ3) is 9.28. The lowest BCUT2D eigenvalue weighted by Crippen LogP contribution is -2.56. The van der Waals surface area contributed by atoms with Gasteiger partial charge in [-0.15, -0.1) is 0 Å². The van der Waals surface area contributed by atoms with Gasteiger partial charge in [-0.25, -0.2) is 4.79 Å². The molecule has 3 amide bonds. The Morgan fingerprint density at radius 1 is 1.14 bits per heavy atom. The van der Waals surface area contributed by atoms with Crippen LogP contribution in [0.3, 0.4) is 0 Å². The van der Waals surface area contributed by atoms with E-state index in [1.54, 1.807) is 39.8 Å². The molecule has 9 heteroatoms. The van der Waals surface area contributed by atoms with Crippen LogP contribution in [0.25, 0.3) is 0 Å². The molecule has 0 aliphatic carbocycles. The highest BCUT2D eigenvalue weighted by Gasteiger charge is 2.38. The summed E-state index contributed by atoms with van der Waals surface area (Å²) in [6, 6.07) is 2.52. The predicted molar refractivity (Wildman–Crippen MR) is 142 cm³/mol. The number of carbonyl (C=O) groups is 3. The number of hydrogen-bond donors (Lipinski definition) is 4. The van der Waals surface area contributed by atoms with Crippen molar-refractivity contribution in [3.63, 3.8) is 0 Å². The zero-order valence-corrected chi connectivity index (χ0v) is 23.2. The van der Waals surface area contributed by atoms with Crippen molar-refractivity contribution in [2.75, 3.05) is 5.75 Å². The van der Waals surface area contributed by atoms with Crippen LogP contribution >= 0.6 is 12.6 Å². The van der Waals surface area contributed by atoms with E-state index in [-0.39, 0.29) is 29.5 Å². The summed E-state index contributed by atoms with van der Waals surface area (Å²) < 4.78 is 5.33. The fourth-order valence-corrected chi connectivity index (χ4v) is 3.97. The van der Waals surface area contributed by atoms with E-state index in [9.17, 15) is 19.5 Å². The predicted octanol–water partition coefficient (Wildman–Crippen LogP) is 4.50. The molecule has 1 rings (SSSR count). The summed E-state index contributed by atoms with van der Waals surface area (Å²) in [5.41, 5.74) is 0.438. The number of ether oxygens (including phenoxy) is 1. The number of alkyl carbamates (subject to hydrolysis) is 1. The Morgan fingerprint density at radius 3 is 2.26 bits per heavy atom. The second-order valence-electron chi connectivity index (χ2n) is 10.0. The molecular formula is C26H43N3O5S. The van der Waals surface area contributed by atoms with E-state index in [1.807, 2.05) is 27.7 Å². The molecule has 0 spiro atoms. The molecule has 0 saturated carbocycles. The normalized spacial score (nSPS) is 14.9. The van der Waals surface area contributed by atoms with E-state index in [0.29, 0.717) is 17.5 Å². The van der Waals surface area contributed by atoms with Crippen LogP contribution in [0.4, 0.5) is 4.79 Å². The van der Waals surface area contributed by atoms with Crippen molar-refractivity contribution in [1.29, 1.82) is 0 Å². The van der Waals surface area contributed by atoms with Gasteiger partial charge in [-0.2, -0.15) is 12.6 Å². The molecule has 0 aromatic heterocycles. The summed E-state index contributed by atoms with van der Waals surface area (Å²) in [5.74, 6) is -0.622. The average molecular weight is 510 g/mol. The zero-order chi connectivity index (χ0) is 26.9. The van der Waals surface area contributed by atoms with E-state index in [0.717, 1.165) is 12.8 Å². The SMILES string of the molecule is CCCC(C)NC(=O)C(c1ccc(O)c(C)c1)N(C(=O)C(CS)NC(=O)OC(C)(C)C)C(C)CC. The van der Waals surface area contributed by atoms with Crippen LogP contribution in [0.1, 0.15) is 84.9 Å². The average Bonchev–Trinajstić information content (AvgIpc) is 2.75. The van der Waals surface area contributed by atoms with Gasteiger partial charge in [0.2, 0.25) is 11.8 Å². The first-order chi connectivity index (χ1) is 16.2. The molecule has 3 N–H and O–H groups in total. The highest BCUT2D eigenvalue weighted by atomic mass is 32.1. The number of aryl methyl sites for hydroxylation is 1. The van der Waals surface area contributed by atoms with Crippen molar-refractivity contribution in [1.82, 2.24) is 15.5 Å². The number of aromatic hydroxyl groups is 1. The molecule has 0 fully saturated rings. The highest BCUT2D eigenvalue weighted by molar-refractivity contribution is 7.80. The lowest BCUT2D eigenvalue weighted by Gasteiger charge is -2.38. The fourth-order valence-electron chi connectivity index (χ4n) is 3.72. The molecule has 0 aliphatic rings. The lowest BCUT2D eigenvalue weighted by molar-refractivity contribution is -0.144. The maximum absolute atomic E-state index is 13.8. The van der Waals surface area contributed by atoms with Crippen LogP contribution in [-0.4, -0.2) is 57.4 Å². The molecular weight excluding hydrogens is 466 g/mol. The molecule has 0 saturated heterocycles. The molecule has 1 aromatic rings. The zero-order valence-electron chi connectivity index (χ0n) is 22.3. The summed E-state index contributed by atoms with van der Waals surface area (Å²) in [4.78, 5) is 41.4. The standard InChI is InChI=1S/C26H43N3O5S/c1-9-11-17(4)27-23(31)22(19-12-13-21(30)16(3)14-19)29(18(5)10-2)24(32)20(15-35)28-25(33)34-26(6,7)8/h12-14,17-18,20,22,30,35H,9-11,15H2,1-8H3,(H,27,31)(H,28,33). The summed E-state index contributed by atoms with van der Waals surface area (Å²) in [7, 11) is 0. The number of amides is 3. The molecule has 0 bridgehead atoms. The molecule has 198 valence electrons. The van der Waals surface area contributed by atoms with E-state index < -0.39 is 29.7 Å². The number of nitrogens with one attached hydrogen (secondary N) is 2. The van der Waals surface area contributed by atoms with E-state index >= 15 is 0 Å². The Morgan fingerprint density at radius 2 is 1.77 bits per heavy atom. The number of hydrogen-bond acceptors (Lipinski definition) is 6. The number of carbonyl (C=O) groups excluding carboxylic acids is 3.